The molecule has 100 valence electrons. The molecule has 0 saturated carbocycles. The number of hydrogen-bond acceptors (Lipinski definition) is 3. The number of ether oxygens (including phenoxy) is 1. The zero-order chi connectivity index (χ0) is 13.3. The van der Waals surface area contributed by atoms with E-state index >= 15 is 0 Å². The lowest BCUT2D eigenvalue weighted by atomic mass is 9.90. The second-order valence-corrected chi connectivity index (χ2v) is 7.98. The maximum Gasteiger partial charge on any atom is 0.236 e. The molecule has 1 aromatic carbocycles. The van der Waals surface area contributed by atoms with Crippen LogP contribution in [0.1, 0.15) is 29.5 Å². The van der Waals surface area contributed by atoms with Crippen molar-refractivity contribution in [3.8, 4) is 5.75 Å². The van der Waals surface area contributed by atoms with Crippen LogP contribution in [-0.4, -0.2) is 15.5 Å². The van der Waals surface area contributed by atoms with Crippen molar-refractivity contribution in [3.63, 3.8) is 0 Å². The molecular formula is C12H14BrClO3S. The first-order valence-electron chi connectivity index (χ1n) is 5.72. The van der Waals surface area contributed by atoms with Crippen LogP contribution >= 0.6 is 26.6 Å². The Hall–Kier alpha value is -0.260. The van der Waals surface area contributed by atoms with Gasteiger partial charge < -0.3 is 4.74 Å². The molecule has 0 radical (unpaired) electrons. The lowest BCUT2D eigenvalue weighted by Crippen LogP contribution is -2.08. The molecule has 1 aromatic rings. The summed E-state index contributed by atoms with van der Waals surface area (Å²) < 4.78 is 28.7. The van der Waals surface area contributed by atoms with E-state index in [-0.39, 0.29) is 5.75 Å². The molecule has 0 saturated heterocycles. The van der Waals surface area contributed by atoms with Crippen molar-refractivity contribution < 1.29 is 13.2 Å². The molecule has 2 rings (SSSR count). The van der Waals surface area contributed by atoms with E-state index in [0.29, 0.717) is 11.3 Å². The molecule has 0 aromatic heterocycles. The molecule has 0 atom stereocenters. The van der Waals surface area contributed by atoms with Crippen molar-refractivity contribution in [2.24, 2.45) is 0 Å². The molecule has 0 unspecified atom stereocenters. The number of halogens is 2. The summed E-state index contributed by atoms with van der Waals surface area (Å²) >= 11 is 3.52. The standard InChI is InChI=1S/C12H14BrClO3S/c1-17-12-9(7-18(14,15)16)6-8-4-2-3-5-10(8)11(12)13/h6H,2-5,7H2,1H3. The molecule has 1 aliphatic carbocycles. The third-order valence-electron chi connectivity index (χ3n) is 3.15. The monoisotopic (exact) mass is 352 g/mol. The van der Waals surface area contributed by atoms with E-state index in [1.54, 1.807) is 7.11 Å². The first-order valence-corrected chi connectivity index (χ1v) is 8.99. The van der Waals surface area contributed by atoms with Crippen LogP contribution in [0, 0.1) is 0 Å². The van der Waals surface area contributed by atoms with Gasteiger partial charge in [-0.3, -0.25) is 0 Å². The summed E-state index contributed by atoms with van der Waals surface area (Å²) in [5.74, 6) is 0.378. The lowest BCUT2D eigenvalue weighted by Gasteiger charge is -2.21. The van der Waals surface area contributed by atoms with Crippen LogP contribution in [0.25, 0.3) is 0 Å². The first kappa shape index (κ1) is 14.2. The molecule has 1 aliphatic rings. The van der Waals surface area contributed by atoms with Crippen molar-refractivity contribution in [2.45, 2.75) is 31.4 Å². The van der Waals surface area contributed by atoms with E-state index in [9.17, 15) is 8.42 Å². The average molecular weight is 354 g/mol. The second-order valence-electron chi connectivity index (χ2n) is 4.41. The molecule has 0 bridgehead atoms. The summed E-state index contributed by atoms with van der Waals surface area (Å²) in [6.07, 6.45) is 4.27. The third kappa shape index (κ3) is 3.00. The third-order valence-corrected chi connectivity index (χ3v) is 4.97. The fourth-order valence-electron chi connectivity index (χ4n) is 2.41. The van der Waals surface area contributed by atoms with Crippen molar-refractivity contribution in [1.82, 2.24) is 0 Å². The van der Waals surface area contributed by atoms with Gasteiger partial charge in [0.25, 0.3) is 0 Å². The van der Waals surface area contributed by atoms with E-state index in [2.05, 4.69) is 15.9 Å². The zero-order valence-corrected chi connectivity index (χ0v) is 13.2. The van der Waals surface area contributed by atoms with E-state index in [1.807, 2.05) is 6.07 Å². The molecule has 3 nitrogen and oxygen atoms in total. The normalized spacial score (nSPS) is 15.3. The van der Waals surface area contributed by atoms with Gasteiger partial charge in [-0.1, -0.05) is 6.07 Å². The minimum absolute atomic E-state index is 0.205. The van der Waals surface area contributed by atoms with Crippen LogP contribution in [0.4, 0.5) is 0 Å². The molecule has 0 fully saturated rings. The van der Waals surface area contributed by atoms with Gasteiger partial charge >= 0.3 is 0 Å². The van der Waals surface area contributed by atoms with Crippen LogP contribution in [0.5, 0.6) is 5.75 Å². The number of rotatable bonds is 3. The molecule has 0 amide bonds. The molecule has 0 aliphatic heterocycles. The van der Waals surface area contributed by atoms with Gasteiger partial charge in [0.05, 0.1) is 17.3 Å². The van der Waals surface area contributed by atoms with Gasteiger partial charge in [0.2, 0.25) is 9.05 Å². The fraction of sp³-hybridized carbons (Fsp3) is 0.500. The van der Waals surface area contributed by atoms with E-state index in [4.69, 9.17) is 15.4 Å². The van der Waals surface area contributed by atoms with Crippen LogP contribution < -0.4 is 4.74 Å². The predicted octanol–water partition coefficient (Wildman–Crippen LogP) is 3.41. The molecule has 6 heteroatoms. The quantitative estimate of drug-likeness (QED) is 0.782. The number of aryl methyl sites for hydroxylation is 1. The smallest absolute Gasteiger partial charge is 0.236 e. The number of benzene rings is 1. The Labute approximate surface area is 120 Å². The van der Waals surface area contributed by atoms with Gasteiger partial charge in [-0.2, -0.15) is 0 Å². The van der Waals surface area contributed by atoms with Gasteiger partial charge in [0, 0.05) is 16.2 Å². The van der Waals surface area contributed by atoms with Gasteiger partial charge in [-0.05, 0) is 52.7 Å². The van der Waals surface area contributed by atoms with Gasteiger partial charge in [-0.25, -0.2) is 8.42 Å². The van der Waals surface area contributed by atoms with Crippen molar-refractivity contribution in [2.75, 3.05) is 7.11 Å². The van der Waals surface area contributed by atoms with Crippen LogP contribution in [-0.2, 0) is 27.6 Å². The summed E-state index contributed by atoms with van der Waals surface area (Å²) in [6, 6.07) is 1.91. The Morgan fingerprint density at radius 2 is 2.06 bits per heavy atom. The van der Waals surface area contributed by atoms with Crippen LogP contribution in [0.15, 0.2) is 10.5 Å². The van der Waals surface area contributed by atoms with Gasteiger partial charge in [0.15, 0.2) is 0 Å². The van der Waals surface area contributed by atoms with Gasteiger partial charge in [-0.15, -0.1) is 0 Å². The Morgan fingerprint density at radius 1 is 1.39 bits per heavy atom. The minimum Gasteiger partial charge on any atom is -0.495 e. The number of fused-ring (bicyclic) bond motifs is 1. The Kier molecular flexibility index (Phi) is 4.24. The summed E-state index contributed by atoms with van der Waals surface area (Å²) in [7, 11) is 3.29. The average Bonchev–Trinajstić information content (AvgIpc) is 2.27. The molecule has 0 heterocycles. The number of hydrogen-bond donors (Lipinski definition) is 0. The van der Waals surface area contributed by atoms with E-state index in [1.165, 1.54) is 11.1 Å². The fourth-order valence-corrected chi connectivity index (χ4v) is 4.21. The summed E-state index contributed by atoms with van der Waals surface area (Å²) in [5.41, 5.74) is 3.05. The maximum atomic E-state index is 11.2. The Balaban J connectivity index is 2.55. The topological polar surface area (TPSA) is 43.4 Å². The highest BCUT2D eigenvalue weighted by molar-refractivity contribution is 9.10. The maximum absolute atomic E-state index is 11.2. The Morgan fingerprint density at radius 3 is 2.67 bits per heavy atom. The van der Waals surface area contributed by atoms with E-state index < -0.39 is 9.05 Å². The predicted molar refractivity (Wildman–Crippen MR) is 75.8 cm³/mol. The molecular weight excluding hydrogens is 340 g/mol. The highest BCUT2D eigenvalue weighted by atomic mass is 79.9. The lowest BCUT2D eigenvalue weighted by molar-refractivity contribution is 0.407. The molecule has 0 N–H and O–H groups in total. The minimum atomic E-state index is -3.58. The summed E-state index contributed by atoms with van der Waals surface area (Å²) in [5, 5.41) is 0. The Bertz CT molecular complexity index is 569. The van der Waals surface area contributed by atoms with E-state index in [0.717, 1.165) is 30.2 Å². The zero-order valence-electron chi connectivity index (χ0n) is 10.0. The van der Waals surface area contributed by atoms with Gasteiger partial charge in [0.1, 0.15) is 5.75 Å². The van der Waals surface area contributed by atoms with Crippen molar-refractivity contribution in [1.29, 1.82) is 0 Å². The van der Waals surface area contributed by atoms with Crippen molar-refractivity contribution in [3.05, 3.63) is 27.2 Å². The summed E-state index contributed by atoms with van der Waals surface area (Å²) in [4.78, 5) is 0. The number of methoxy groups -OCH3 is 1. The largest absolute Gasteiger partial charge is 0.495 e. The highest BCUT2D eigenvalue weighted by Crippen LogP contribution is 2.39. The SMILES string of the molecule is COc1c(CS(=O)(=O)Cl)cc2c(c1Br)CCCC2. The first-order chi connectivity index (χ1) is 8.42. The highest BCUT2D eigenvalue weighted by Gasteiger charge is 2.21. The van der Waals surface area contributed by atoms with Crippen LogP contribution in [0.2, 0.25) is 0 Å². The van der Waals surface area contributed by atoms with Crippen molar-refractivity contribution >= 4 is 35.7 Å². The molecule has 18 heavy (non-hydrogen) atoms. The molecule has 0 spiro atoms. The second kappa shape index (κ2) is 5.39. The summed E-state index contributed by atoms with van der Waals surface area (Å²) in [6.45, 7) is 0. The van der Waals surface area contributed by atoms with Crippen LogP contribution in [0.3, 0.4) is 0 Å².